The minimum atomic E-state index is -0.265. The van der Waals surface area contributed by atoms with Crippen molar-refractivity contribution in [2.24, 2.45) is 0 Å². The molecule has 0 aliphatic carbocycles. The van der Waals surface area contributed by atoms with Gasteiger partial charge in [-0.1, -0.05) is 42.5 Å². The van der Waals surface area contributed by atoms with E-state index in [-0.39, 0.29) is 17.8 Å². The van der Waals surface area contributed by atoms with E-state index in [1.54, 1.807) is 6.07 Å². The number of benzene rings is 2. The number of nitrogens with one attached hydrogen (secondary N) is 1. The lowest BCUT2D eigenvalue weighted by Crippen LogP contribution is -2.49. The Kier molecular flexibility index (Phi) is 4.49. The van der Waals surface area contributed by atoms with Crippen molar-refractivity contribution in [2.45, 2.75) is 12.5 Å². The first-order valence-corrected chi connectivity index (χ1v) is 7.53. The van der Waals surface area contributed by atoms with E-state index in [2.05, 4.69) is 5.32 Å². The maximum atomic E-state index is 13.5. The summed E-state index contributed by atoms with van der Waals surface area (Å²) in [4.78, 5) is 14.5. The largest absolute Gasteiger partial charge is 0.333 e. The van der Waals surface area contributed by atoms with Gasteiger partial charge in [-0.3, -0.25) is 4.79 Å². The van der Waals surface area contributed by atoms with Crippen LogP contribution >= 0.6 is 0 Å². The van der Waals surface area contributed by atoms with Gasteiger partial charge in [0.25, 0.3) is 0 Å². The second-order valence-electron chi connectivity index (χ2n) is 5.52. The molecule has 3 rings (SSSR count). The molecule has 0 saturated carbocycles. The highest BCUT2D eigenvalue weighted by molar-refractivity contribution is 5.79. The zero-order valence-electron chi connectivity index (χ0n) is 12.3. The number of amides is 1. The molecule has 0 bridgehead atoms. The monoisotopic (exact) mass is 298 g/mol. The molecule has 0 radical (unpaired) electrons. The van der Waals surface area contributed by atoms with Crippen molar-refractivity contribution in [1.29, 1.82) is 0 Å². The van der Waals surface area contributed by atoms with Crippen molar-refractivity contribution in [3.63, 3.8) is 0 Å². The van der Waals surface area contributed by atoms with Gasteiger partial charge in [0.1, 0.15) is 5.82 Å². The van der Waals surface area contributed by atoms with Crippen LogP contribution < -0.4 is 5.32 Å². The van der Waals surface area contributed by atoms with Crippen molar-refractivity contribution in [3.05, 3.63) is 71.5 Å². The van der Waals surface area contributed by atoms with Crippen molar-refractivity contribution in [2.75, 3.05) is 19.6 Å². The number of nitrogens with zero attached hydrogens (tertiary/aromatic N) is 1. The lowest BCUT2D eigenvalue weighted by molar-refractivity contribution is -0.133. The number of hydrogen-bond acceptors (Lipinski definition) is 2. The highest BCUT2D eigenvalue weighted by atomic mass is 19.1. The van der Waals surface area contributed by atoms with Crippen molar-refractivity contribution in [3.8, 4) is 0 Å². The fourth-order valence-corrected chi connectivity index (χ4v) is 2.89. The van der Waals surface area contributed by atoms with Crippen LogP contribution in [0.2, 0.25) is 0 Å². The van der Waals surface area contributed by atoms with Crippen LogP contribution in [-0.4, -0.2) is 30.4 Å². The smallest absolute Gasteiger partial charge is 0.227 e. The average molecular weight is 298 g/mol. The van der Waals surface area contributed by atoms with Gasteiger partial charge >= 0.3 is 0 Å². The van der Waals surface area contributed by atoms with Crippen molar-refractivity contribution >= 4 is 5.91 Å². The number of piperazine rings is 1. The topological polar surface area (TPSA) is 32.3 Å². The summed E-state index contributed by atoms with van der Waals surface area (Å²) >= 11 is 0. The van der Waals surface area contributed by atoms with Gasteiger partial charge in [-0.25, -0.2) is 4.39 Å². The zero-order chi connectivity index (χ0) is 15.4. The van der Waals surface area contributed by atoms with E-state index in [0.29, 0.717) is 19.5 Å². The molecule has 1 aliphatic heterocycles. The summed E-state index contributed by atoms with van der Waals surface area (Å²) < 4.78 is 13.5. The van der Waals surface area contributed by atoms with E-state index in [0.717, 1.165) is 17.7 Å². The van der Waals surface area contributed by atoms with E-state index < -0.39 is 0 Å². The molecule has 114 valence electrons. The summed E-state index contributed by atoms with van der Waals surface area (Å²) in [6.07, 6.45) is 0.382. The fourth-order valence-electron chi connectivity index (χ4n) is 2.89. The van der Waals surface area contributed by atoms with E-state index in [1.807, 2.05) is 41.3 Å². The van der Waals surface area contributed by atoms with Gasteiger partial charge in [-0.15, -0.1) is 0 Å². The van der Waals surface area contributed by atoms with Crippen molar-refractivity contribution in [1.82, 2.24) is 10.2 Å². The second-order valence-corrected chi connectivity index (χ2v) is 5.52. The molecule has 1 atom stereocenters. The lowest BCUT2D eigenvalue weighted by atomic mass is 10.0. The minimum Gasteiger partial charge on any atom is -0.333 e. The molecule has 3 nitrogen and oxygen atoms in total. The first-order chi connectivity index (χ1) is 10.7. The standard InChI is InChI=1S/C18H19FN2O/c19-16-8-4-7-15(12-16)17-13-20-9-10-21(17)18(22)11-14-5-2-1-3-6-14/h1-8,12,17,20H,9-11,13H2. The number of halogens is 1. The summed E-state index contributed by atoms with van der Waals surface area (Å²) in [6, 6.07) is 16.1. The molecule has 1 amide bonds. The Morgan fingerprint density at radius 1 is 1.18 bits per heavy atom. The number of carbonyl (C=O) groups excluding carboxylic acids is 1. The van der Waals surface area contributed by atoms with Gasteiger partial charge in [0.05, 0.1) is 12.5 Å². The molecular formula is C18H19FN2O. The van der Waals surface area contributed by atoms with E-state index >= 15 is 0 Å². The summed E-state index contributed by atoms with van der Waals surface area (Å²) in [7, 11) is 0. The van der Waals surface area contributed by atoms with Crippen LogP contribution in [0.5, 0.6) is 0 Å². The van der Waals surface area contributed by atoms with Gasteiger partial charge < -0.3 is 10.2 Å². The van der Waals surface area contributed by atoms with Crippen LogP contribution in [0.15, 0.2) is 54.6 Å². The number of hydrogen-bond donors (Lipinski definition) is 1. The van der Waals surface area contributed by atoms with E-state index in [9.17, 15) is 9.18 Å². The molecular weight excluding hydrogens is 279 g/mol. The summed E-state index contributed by atoms with van der Waals surface area (Å²) in [5.41, 5.74) is 1.85. The molecule has 1 N–H and O–H groups in total. The maximum Gasteiger partial charge on any atom is 0.227 e. The van der Waals surface area contributed by atoms with Gasteiger partial charge in [-0.2, -0.15) is 0 Å². The average Bonchev–Trinajstić information content (AvgIpc) is 2.56. The Morgan fingerprint density at radius 2 is 2.00 bits per heavy atom. The highest BCUT2D eigenvalue weighted by Crippen LogP contribution is 2.23. The Bertz CT molecular complexity index is 645. The van der Waals surface area contributed by atoms with Crippen LogP contribution in [0.4, 0.5) is 4.39 Å². The van der Waals surface area contributed by atoms with E-state index in [4.69, 9.17) is 0 Å². The van der Waals surface area contributed by atoms with Gasteiger partial charge in [-0.05, 0) is 23.3 Å². The number of rotatable bonds is 3. The third kappa shape index (κ3) is 3.34. The maximum absolute atomic E-state index is 13.5. The van der Waals surface area contributed by atoms with Crippen LogP contribution in [0.25, 0.3) is 0 Å². The molecule has 1 saturated heterocycles. The normalized spacial score (nSPS) is 18.2. The Hall–Kier alpha value is -2.20. The number of carbonyl (C=O) groups is 1. The fraction of sp³-hybridized carbons (Fsp3) is 0.278. The van der Waals surface area contributed by atoms with Gasteiger partial charge in [0.15, 0.2) is 0 Å². The predicted octanol–water partition coefficient (Wildman–Crippen LogP) is 2.54. The first-order valence-electron chi connectivity index (χ1n) is 7.53. The Balaban J connectivity index is 1.79. The van der Waals surface area contributed by atoms with Crippen molar-refractivity contribution < 1.29 is 9.18 Å². The molecule has 1 fully saturated rings. The van der Waals surface area contributed by atoms with Gasteiger partial charge in [0, 0.05) is 19.6 Å². The lowest BCUT2D eigenvalue weighted by Gasteiger charge is -2.36. The molecule has 1 unspecified atom stereocenters. The third-order valence-corrected chi connectivity index (χ3v) is 4.00. The quantitative estimate of drug-likeness (QED) is 0.944. The van der Waals surface area contributed by atoms with Crippen LogP contribution in [0.3, 0.4) is 0 Å². The summed E-state index contributed by atoms with van der Waals surface area (Å²) in [6.45, 7) is 2.07. The minimum absolute atomic E-state index is 0.0851. The zero-order valence-corrected chi connectivity index (χ0v) is 12.3. The second kappa shape index (κ2) is 6.71. The highest BCUT2D eigenvalue weighted by Gasteiger charge is 2.27. The summed E-state index contributed by atoms with van der Waals surface area (Å²) in [5, 5.41) is 3.29. The molecule has 2 aromatic carbocycles. The molecule has 4 heteroatoms. The molecule has 0 spiro atoms. The SMILES string of the molecule is O=C(Cc1ccccc1)N1CCNCC1c1cccc(F)c1. The molecule has 1 aliphatic rings. The molecule has 2 aromatic rings. The first kappa shape index (κ1) is 14.7. The predicted molar refractivity (Wildman–Crippen MR) is 83.9 cm³/mol. The molecule has 22 heavy (non-hydrogen) atoms. The van der Waals surface area contributed by atoms with Crippen LogP contribution in [0, 0.1) is 5.82 Å². The van der Waals surface area contributed by atoms with Crippen LogP contribution in [-0.2, 0) is 11.2 Å². The summed E-state index contributed by atoms with van der Waals surface area (Å²) in [5.74, 6) is -0.180. The van der Waals surface area contributed by atoms with E-state index in [1.165, 1.54) is 12.1 Å². The molecule has 1 heterocycles. The Labute approximate surface area is 129 Å². The van der Waals surface area contributed by atoms with Gasteiger partial charge in [0.2, 0.25) is 5.91 Å². The third-order valence-electron chi connectivity index (χ3n) is 4.00. The molecule has 0 aromatic heterocycles. The Morgan fingerprint density at radius 3 is 2.77 bits per heavy atom. The van der Waals surface area contributed by atoms with Crippen LogP contribution in [0.1, 0.15) is 17.2 Å².